The van der Waals surface area contributed by atoms with Crippen LogP contribution < -0.4 is 0 Å². The Morgan fingerprint density at radius 2 is 1.69 bits per heavy atom. The van der Waals surface area contributed by atoms with E-state index in [2.05, 4.69) is 10.1 Å². The number of aliphatic hydroxyl groups excluding tert-OH is 1. The number of Topliss-reactive ketones (excluding diaryl/α,β-unsaturated/α-hetero) is 2. The van der Waals surface area contributed by atoms with Gasteiger partial charge in [0.2, 0.25) is 0 Å². The topological polar surface area (TPSA) is 92.8 Å². The number of hydrogen-bond acceptors (Lipinski definition) is 6. The molecule has 0 radical (unpaired) electrons. The van der Waals surface area contributed by atoms with Gasteiger partial charge in [0, 0.05) is 43.9 Å². The number of ketones is 2. The summed E-state index contributed by atoms with van der Waals surface area (Å²) in [6, 6.07) is 0.0398. The molecule has 2 aliphatic carbocycles. The number of aliphatic hydroxyl groups is 1. The van der Waals surface area contributed by atoms with Crippen molar-refractivity contribution in [2.45, 2.75) is 86.1 Å². The monoisotopic (exact) mass is 400 g/mol. The summed E-state index contributed by atoms with van der Waals surface area (Å²) in [6.07, 6.45) is 2.76. The molecule has 0 atom stereocenters. The second-order valence-corrected chi connectivity index (χ2v) is 10.3. The lowest BCUT2D eigenvalue weighted by molar-refractivity contribution is -0.117. The van der Waals surface area contributed by atoms with Crippen molar-refractivity contribution in [2.75, 3.05) is 0 Å². The van der Waals surface area contributed by atoms with Gasteiger partial charge in [0.05, 0.1) is 16.8 Å². The molecule has 0 bridgehead atoms. The van der Waals surface area contributed by atoms with E-state index in [9.17, 15) is 14.7 Å². The Labute approximate surface area is 172 Å². The van der Waals surface area contributed by atoms with Crippen LogP contribution in [0.3, 0.4) is 0 Å². The van der Waals surface area contributed by atoms with Crippen LogP contribution in [0, 0.1) is 10.8 Å². The van der Waals surface area contributed by atoms with Crippen LogP contribution in [0.25, 0.3) is 0 Å². The highest BCUT2D eigenvalue weighted by atomic mass is 16.5. The minimum Gasteiger partial charge on any atom is -0.511 e. The predicted octanol–water partition coefficient (Wildman–Crippen LogP) is 4.81. The molecule has 6 heteroatoms. The van der Waals surface area contributed by atoms with E-state index in [4.69, 9.17) is 4.52 Å². The molecular weight excluding hydrogens is 368 g/mol. The number of fused-ring (bicyclic) bond motifs is 1. The van der Waals surface area contributed by atoms with Crippen LogP contribution in [-0.4, -0.2) is 33.6 Å². The number of rotatable bonds is 4. The van der Waals surface area contributed by atoms with E-state index in [0.29, 0.717) is 60.4 Å². The van der Waals surface area contributed by atoms with Gasteiger partial charge in [-0.15, -0.1) is 0 Å². The van der Waals surface area contributed by atoms with Crippen LogP contribution in [0.5, 0.6) is 0 Å². The average molecular weight is 401 g/mol. The number of aryl methyl sites for hydroxylation is 1. The van der Waals surface area contributed by atoms with Crippen molar-refractivity contribution in [1.82, 2.24) is 5.16 Å². The summed E-state index contributed by atoms with van der Waals surface area (Å²) in [5, 5.41) is 14.9. The summed E-state index contributed by atoms with van der Waals surface area (Å²) in [4.78, 5) is 30.0. The largest absolute Gasteiger partial charge is 0.511 e. The van der Waals surface area contributed by atoms with Gasteiger partial charge in [-0.2, -0.15) is 0 Å². The van der Waals surface area contributed by atoms with Gasteiger partial charge in [-0.05, 0) is 31.1 Å². The van der Waals surface area contributed by atoms with Gasteiger partial charge in [0.25, 0.3) is 0 Å². The second-order valence-electron chi connectivity index (χ2n) is 10.3. The number of carbonyl (C=O) groups excluding carboxylic acids is 2. The lowest BCUT2D eigenvalue weighted by atomic mass is 9.73. The molecule has 1 aromatic heterocycles. The minimum atomic E-state index is -0.168. The van der Waals surface area contributed by atoms with Crippen LogP contribution in [0.1, 0.15) is 89.0 Å². The Kier molecular flexibility index (Phi) is 5.58. The first-order chi connectivity index (χ1) is 13.4. The molecule has 158 valence electrons. The third-order valence-electron chi connectivity index (χ3n) is 5.54. The zero-order valence-corrected chi connectivity index (χ0v) is 18.4. The van der Waals surface area contributed by atoms with Crippen LogP contribution in [-0.2, 0) is 17.6 Å². The Bertz CT molecular complexity index is 900. The number of aromatic nitrogens is 1. The highest BCUT2D eigenvalue weighted by Crippen LogP contribution is 2.38. The molecule has 1 heterocycles. The zero-order valence-electron chi connectivity index (χ0n) is 18.4. The lowest BCUT2D eigenvalue weighted by Gasteiger charge is -2.31. The first-order valence-corrected chi connectivity index (χ1v) is 10.4. The van der Waals surface area contributed by atoms with Crippen LogP contribution in [0.4, 0.5) is 0 Å². The molecule has 3 rings (SSSR count). The van der Waals surface area contributed by atoms with Crippen molar-refractivity contribution in [1.29, 1.82) is 0 Å². The first kappa shape index (κ1) is 21.5. The molecule has 0 spiro atoms. The van der Waals surface area contributed by atoms with Gasteiger partial charge in [0.1, 0.15) is 11.5 Å². The van der Waals surface area contributed by atoms with E-state index < -0.39 is 0 Å². The quantitative estimate of drug-likeness (QED) is 0.578. The summed E-state index contributed by atoms with van der Waals surface area (Å²) < 4.78 is 5.43. The third-order valence-corrected chi connectivity index (χ3v) is 5.54. The molecule has 0 unspecified atom stereocenters. The van der Waals surface area contributed by atoms with Crippen LogP contribution in [0.15, 0.2) is 20.8 Å². The molecule has 1 aromatic rings. The van der Waals surface area contributed by atoms with E-state index in [1.165, 1.54) is 0 Å². The summed E-state index contributed by atoms with van der Waals surface area (Å²) in [6.45, 7) is 12.1. The summed E-state index contributed by atoms with van der Waals surface area (Å²) >= 11 is 0. The third kappa shape index (κ3) is 4.68. The molecule has 1 saturated carbocycles. The van der Waals surface area contributed by atoms with E-state index in [-0.39, 0.29) is 40.6 Å². The van der Waals surface area contributed by atoms with Gasteiger partial charge in [-0.25, -0.2) is 0 Å². The molecular formula is C23H32N2O4. The van der Waals surface area contributed by atoms with E-state index in [1.807, 2.05) is 41.5 Å². The molecule has 0 aromatic carbocycles. The Balaban J connectivity index is 1.85. The fourth-order valence-electron chi connectivity index (χ4n) is 4.39. The van der Waals surface area contributed by atoms with E-state index in [1.54, 1.807) is 0 Å². The normalized spacial score (nSPS) is 24.2. The maximum absolute atomic E-state index is 12.8. The number of nitrogens with zero attached hydrogens (tertiary/aromatic N) is 2. The van der Waals surface area contributed by atoms with Crippen molar-refractivity contribution >= 4 is 17.3 Å². The minimum absolute atomic E-state index is 0.0326. The van der Waals surface area contributed by atoms with Crippen LogP contribution >= 0.6 is 0 Å². The summed E-state index contributed by atoms with van der Waals surface area (Å²) in [7, 11) is 0. The number of hydrogen-bond donors (Lipinski definition) is 1. The number of aliphatic imine (C=N–C) groups is 1. The SMILES string of the molecule is CC(C)N=C1CC(C)(C)CC(=O)C1=C(O)CCc1noc2c1C(=O)CC(C)(C)C2. The van der Waals surface area contributed by atoms with Crippen molar-refractivity contribution in [2.24, 2.45) is 15.8 Å². The fourth-order valence-corrected chi connectivity index (χ4v) is 4.39. The van der Waals surface area contributed by atoms with Crippen molar-refractivity contribution in [3.05, 3.63) is 28.3 Å². The molecule has 6 nitrogen and oxygen atoms in total. The smallest absolute Gasteiger partial charge is 0.168 e. The van der Waals surface area contributed by atoms with Crippen LogP contribution in [0.2, 0.25) is 0 Å². The van der Waals surface area contributed by atoms with Gasteiger partial charge >= 0.3 is 0 Å². The Hall–Kier alpha value is -2.24. The number of allylic oxidation sites excluding steroid dienone is 2. The van der Waals surface area contributed by atoms with E-state index >= 15 is 0 Å². The van der Waals surface area contributed by atoms with E-state index in [0.717, 1.165) is 0 Å². The van der Waals surface area contributed by atoms with Crippen molar-refractivity contribution in [3.63, 3.8) is 0 Å². The highest BCUT2D eigenvalue weighted by Gasteiger charge is 2.38. The highest BCUT2D eigenvalue weighted by molar-refractivity contribution is 6.24. The summed E-state index contributed by atoms with van der Waals surface area (Å²) in [5.41, 5.74) is 1.86. The maximum atomic E-state index is 12.8. The Morgan fingerprint density at radius 3 is 2.34 bits per heavy atom. The van der Waals surface area contributed by atoms with Gasteiger partial charge in [0.15, 0.2) is 11.6 Å². The molecule has 0 aliphatic heterocycles. The number of carbonyl (C=O) groups is 2. The first-order valence-electron chi connectivity index (χ1n) is 10.4. The Morgan fingerprint density at radius 1 is 1.07 bits per heavy atom. The average Bonchev–Trinajstić information content (AvgIpc) is 2.92. The second kappa shape index (κ2) is 7.54. The molecule has 29 heavy (non-hydrogen) atoms. The van der Waals surface area contributed by atoms with Gasteiger partial charge < -0.3 is 9.63 Å². The lowest BCUT2D eigenvalue weighted by Crippen LogP contribution is -2.33. The molecule has 0 saturated heterocycles. The van der Waals surface area contributed by atoms with Gasteiger partial charge in [-0.3, -0.25) is 14.6 Å². The maximum Gasteiger partial charge on any atom is 0.168 e. The van der Waals surface area contributed by atoms with Gasteiger partial charge in [-0.1, -0.05) is 32.9 Å². The molecule has 2 aliphatic rings. The predicted molar refractivity (Wildman–Crippen MR) is 112 cm³/mol. The molecule has 1 fully saturated rings. The molecule has 0 amide bonds. The standard InChI is InChI=1S/C23H32N2O4/c1-13(2)24-15-9-22(3,4)10-17(27)20(15)16(26)8-7-14-21-18(28)11-23(5,6)12-19(21)29-25-14/h13,26H,7-12H2,1-6H3. The van der Waals surface area contributed by atoms with Crippen molar-refractivity contribution < 1.29 is 19.2 Å². The van der Waals surface area contributed by atoms with Crippen molar-refractivity contribution in [3.8, 4) is 0 Å². The molecule has 1 N–H and O–H groups in total. The zero-order chi connectivity index (χ0) is 21.6. The summed E-state index contributed by atoms with van der Waals surface area (Å²) in [5.74, 6) is 0.631. The fraction of sp³-hybridized carbons (Fsp3) is 0.652.